The zero-order valence-electron chi connectivity index (χ0n) is 17.1. The van der Waals surface area contributed by atoms with Crippen molar-refractivity contribution in [1.29, 1.82) is 0 Å². The van der Waals surface area contributed by atoms with Gasteiger partial charge in [-0.2, -0.15) is 0 Å². The molecule has 0 fully saturated rings. The van der Waals surface area contributed by atoms with Crippen molar-refractivity contribution in [3.8, 4) is 0 Å². The summed E-state index contributed by atoms with van der Waals surface area (Å²) in [6.45, 7) is 1.99. The second kappa shape index (κ2) is 10.6. The summed E-state index contributed by atoms with van der Waals surface area (Å²) >= 11 is 6.50. The number of aryl methyl sites for hydroxylation is 1. The number of anilines is 1. The van der Waals surface area contributed by atoms with E-state index in [1.807, 2.05) is 12.1 Å². The molecule has 1 heterocycles. The maximum atomic E-state index is 13.4. The summed E-state index contributed by atoms with van der Waals surface area (Å²) < 4.78 is 13.4. The van der Waals surface area contributed by atoms with E-state index in [4.69, 9.17) is 21.8 Å². The molecule has 1 unspecified atom stereocenters. The third-order valence-corrected chi connectivity index (χ3v) is 5.85. The fraction of sp³-hybridized carbons (Fsp3) is 0.391. The third-order valence-electron chi connectivity index (χ3n) is 5.54. The van der Waals surface area contributed by atoms with Crippen LogP contribution in [0.15, 0.2) is 30.3 Å². The van der Waals surface area contributed by atoms with Crippen LogP contribution in [-0.2, 0) is 28.9 Å². The van der Waals surface area contributed by atoms with Gasteiger partial charge in [-0.15, -0.1) is 0 Å². The average Bonchev–Trinajstić information content (AvgIpc) is 2.95. The number of hydrogen-bond donors (Lipinski definition) is 4. The number of halogens is 2. The van der Waals surface area contributed by atoms with Gasteiger partial charge >= 0.3 is 11.9 Å². The second-order valence-corrected chi connectivity index (χ2v) is 8.08. The predicted molar refractivity (Wildman–Crippen MR) is 117 cm³/mol. The van der Waals surface area contributed by atoms with Gasteiger partial charge in [-0.25, -0.2) is 4.39 Å². The van der Waals surface area contributed by atoms with Gasteiger partial charge in [0.25, 0.3) is 0 Å². The lowest BCUT2D eigenvalue weighted by atomic mass is 9.99. The quantitative estimate of drug-likeness (QED) is 0.547. The van der Waals surface area contributed by atoms with Gasteiger partial charge in [-0.1, -0.05) is 23.7 Å². The highest BCUT2D eigenvalue weighted by Crippen LogP contribution is 2.38. The fourth-order valence-electron chi connectivity index (χ4n) is 4.02. The van der Waals surface area contributed by atoms with Crippen LogP contribution in [0.1, 0.15) is 47.6 Å². The fourth-order valence-corrected chi connectivity index (χ4v) is 4.26. The molecule has 4 N–H and O–H groups in total. The highest BCUT2D eigenvalue weighted by Gasteiger charge is 2.25. The Morgan fingerprint density at radius 2 is 1.74 bits per heavy atom. The van der Waals surface area contributed by atoms with Crippen LogP contribution >= 0.6 is 11.6 Å². The number of rotatable bonds is 5. The summed E-state index contributed by atoms with van der Waals surface area (Å²) in [6.07, 6.45) is 3.33. The van der Waals surface area contributed by atoms with Crippen LogP contribution in [0.4, 0.5) is 10.1 Å². The molecule has 0 aromatic heterocycles. The third kappa shape index (κ3) is 6.18. The first kappa shape index (κ1) is 23.0. The van der Waals surface area contributed by atoms with Gasteiger partial charge in [-0.3, -0.25) is 9.59 Å². The Balaban J connectivity index is 0.000000293. The number of benzene rings is 2. The second-order valence-electron chi connectivity index (χ2n) is 7.68. The largest absolute Gasteiger partial charge is 0.481 e. The van der Waals surface area contributed by atoms with Gasteiger partial charge in [0.1, 0.15) is 5.82 Å². The highest BCUT2D eigenvalue weighted by atomic mass is 35.5. The molecule has 2 aromatic rings. The summed E-state index contributed by atoms with van der Waals surface area (Å²) in [6, 6.07) is 9.48. The first-order chi connectivity index (χ1) is 14.8. The van der Waals surface area contributed by atoms with E-state index >= 15 is 0 Å². The van der Waals surface area contributed by atoms with Gasteiger partial charge < -0.3 is 20.8 Å². The number of fused-ring (bicyclic) bond motifs is 2. The highest BCUT2D eigenvalue weighted by molar-refractivity contribution is 6.33. The standard InChI is InChI=1S/C19H20ClFN2.C4H6O4/c20-17-5-1-12-7-9-22-10-8-16(12)19(17)23-18-6-2-13-11-14(21)3-4-15(13)18;5-3(6)1-2-4(7)8/h1,3-5,11,18,22-23H,2,6-10H2;1-2H2,(H,5,6)(H,7,8). The van der Waals surface area contributed by atoms with Crippen molar-refractivity contribution >= 4 is 29.2 Å². The van der Waals surface area contributed by atoms with Crippen LogP contribution in [-0.4, -0.2) is 35.2 Å². The molecule has 2 aromatic carbocycles. The molecule has 1 aliphatic carbocycles. The molecule has 1 atom stereocenters. The van der Waals surface area contributed by atoms with Gasteiger partial charge in [0.2, 0.25) is 0 Å². The van der Waals surface area contributed by atoms with Crippen LogP contribution in [0.5, 0.6) is 0 Å². The van der Waals surface area contributed by atoms with E-state index < -0.39 is 11.9 Å². The van der Waals surface area contributed by atoms with E-state index in [-0.39, 0.29) is 24.7 Å². The summed E-state index contributed by atoms with van der Waals surface area (Å²) in [5, 5.41) is 23.7. The van der Waals surface area contributed by atoms with Crippen LogP contribution < -0.4 is 10.6 Å². The van der Waals surface area contributed by atoms with E-state index in [1.165, 1.54) is 16.7 Å². The predicted octanol–water partition coefficient (Wildman–Crippen LogP) is 4.20. The Labute approximate surface area is 185 Å². The Kier molecular flexibility index (Phi) is 7.87. The zero-order chi connectivity index (χ0) is 22.4. The molecule has 0 bridgehead atoms. The van der Waals surface area contributed by atoms with Crippen molar-refractivity contribution in [1.82, 2.24) is 5.32 Å². The molecule has 31 heavy (non-hydrogen) atoms. The van der Waals surface area contributed by atoms with Gasteiger partial charge in [0.15, 0.2) is 0 Å². The molecule has 8 heteroatoms. The molecular weight excluding hydrogens is 423 g/mol. The van der Waals surface area contributed by atoms with Crippen LogP contribution in [0.2, 0.25) is 5.02 Å². The van der Waals surface area contributed by atoms with Crippen molar-refractivity contribution in [2.45, 2.75) is 44.6 Å². The maximum absolute atomic E-state index is 13.4. The normalized spacial score (nSPS) is 16.9. The van der Waals surface area contributed by atoms with E-state index in [0.717, 1.165) is 55.0 Å². The summed E-state index contributed by atoms with van der Waals surface area (Å²) in [4.78, 5) is 19.3. The van der Waals surface area contributed by atoms with E-state index in [2.05, 4.69) is 16.7 Å². The van der Waals surface area contributed by atoms with Crippen molar-refractivity contribution < 1.29 is 24.2 Å². The number of nitrogens with one attached hydrogen (secondary N) is 2. The number of aliphatic carboxylic acids is 2. The lowest BCUT2D eigenvalue weighted by molar-refractivity contribution is -0.143. The van der Waals surface area contributed by atoms with Crippen molar-refractivity contribution in [3.63, 3.8) is 0 Å². The summed E-state index contributed by atoms with van der Waals surface area (Å²) in [7, 11) is 0. The zero-order valence-corrected chi connectivity index (χ0v) is 17.8. The van der Waals surface area contributed by atoms with Gasteiger partial charge in [-0.05, 0) is 79.2 Å². The van der Waals surface area contributed by atoms with E-state index in [9.17, 15) is 14.0 Å². The van der Waals surface area contributed by atoms with Gasteiger partial charge in [0, 0.05) is 0 Å². The average molecular weight is 449 g/mol. The number of carboxylic acids is 2. The van der Waals surface area contributed by atoms with E-state index in [0.29, 0.717) is 0 Å². The molecule has 6 nitrogen and oxygen atoms in total. The molecule has 0 amide bonds. The molecule has 1 aliphatic heterocycles. The lowest BCUT2D eigenvalue weighted by Gasteiger charge is -2.21. The SMILES string of the molecule is Fc1ccc2c(c1)CCC2Nc1c(Cl)ccc2c1CCNCC2.O=C(O)CCC(=O)O. The molecule has 2 aliphatic rings. The minimum Gasteiger partial charge on any atom is -0.481 e. The molecule has 0 saturated carbocycles. The van der Waals surface area contributed by atoms with Crippen molar-refractivity contribution in [2.24, 2.45) is 0 Å². The summed E-state index contributed by atoms with van der Waals surface area (Å²) in [5.41, 5.74) is 6.08. The summed E-state index contributed by atoms with van der Waals surface area (Å²) in [5.74, 6) is -2.30. The minimum atomic E-state index is -1.08. The van der Waals surface area contributed by atoms with Crippen LogP contribution in [0.25, 0.3) is 0 Å². The molecule has 4 rings (SSSR count). The molecule has 0 radical (unpaired) electrons. The monoisotopic (exact) mass is 448 g/mol. The minimum absolute atomic E-state index is 0.151. The molecule has 0 saturated heterocycles. The number of hydrogen-bond acceptors (Lipinski definition) is 4. The van der Waals surface area contributed by atoms with Crippen molar-refractivity contribution in [2.75, 3.05) is 18.4 Å². The first-order valence-corrected chi connectivity index (χ1v) is 10.7. The van der Waals surface area contributed by atoms with Crippen molar-refractivity contribution in [3.05, 3.63) is 63.4 Å². The number of carboxylic acid groups (broad SMARTS) is 2. The first-order valence-electron chi connectivity index (χ1n) is 10.3. The molecule has 166 valence electrons. The topological polar surface area (TPSA) is 98.7 Å². The smallest absolute Gasteiger partial charge is 0.303 e. The maximum Gasteiger partial charge on any atom is 0.303 e. The lowest BCUT2D eigenvalue weighted by Crippen LogP contribution is -2.16. The Bertz CT molecular complexity index is 953. The Morgan fingerprint density at radius 1 is 1.03 bits per heavy atom. The molecule has 0 spiro atoms. The number of carbonyl (C=O) groups is 2. The van der Waals surface area contributed by atoms with Gasteiger partial charge in [0.05, 0.1) is 29.6 Å². The van der Waals surface area contributed by atoms with Crippen LogP contribution in [0.3, 0.4) is 0 Å². The Morgan fingerprint density at radius 3 is 2.45 bits per heavy atom. The van der Waals surface area contributed by atoms with Crippen LogP contribution in [0, 0.1) is 5.82 Å². The Hall–Kier alpha value is -2.64. The molecular formula is C23H26ClFN2O4. The van der Waals surface area contributed by atoms with E-state index in [1.54, 1.807) is 12.1 Å².